The lowest BCUT2D eigenvalue weighted by atomic mass is 10.1. The van der Waals surface area contributed by atoms with Crippen molar-refractivity contribution in [2.75, 3.05) is 0 Å². The topological polar surface area (TPSA) is 54.4 Å². The highest BCUT2D eigenvalue weighted by atomic mass is 32.2. The third-order valence-electron chi connectivity index (χ3n) is 3.31. The van der Waals surface area contributed by atoms with E-state index in [0.717, 1.165) is 18.2 Å². The van der Waals surface area contributed by atoms with E-state index >= 15 is 0 Å². The normalized spacial score (nSPS) is 15.7. The number of hydrogen-bond acceptors (Lipinski definition) is 3. The van der Waals surface area contributed by atoms with Crippen molar-refractivity contribution in [1.29, 1.82) is 0 Å². The molecule has 1 N–H and O–H groups in total. The van der Waals surface area contributed by atoms with Crippen molar-refractivity contribution in [3.05, 3.63) is 29.8 Å². The maximum Gasteiger partial charge on any atom is 0.417 e. The summed E-state index contributed by atoms with van der Waals surface area (Å²) in [7, 11) is -4.26. The second kappa shape index (κ2) is 6.79. The molecule has 0 aliphatic heterocycles. The third-order valence-corrected chi connectivity index (χ3v) is 5.73. The maximum absolute atomic E-state index is 13.0. The molecule has 0 aliphatic rings. The molecule has 0 fully saturated rings. The second-order valence-electron chi connectivity index (χ2n) is 4.84. The van der Waals surface area contributed by atoms with Crippen LogP contribution in [0.2, 0.25) is 0 Å². The van der Waals surface area contributed by atoms with Crippen molar-refractivity contribution < 1.29 is 26.7 Å². The molecule has 0 heterocycles. The summed E-state index contributed by atoms with van der Waals surface area (Å²) in [6.45, 7) is 3.31. The van der Waals surface area contributed by atoms with E-state index in [2.05, 4.69) is 0 Å². The predicted molar refractivity (Wildman–Crippen MR) is 73.6 cm³/mol. The smallest absolute Gasteiger partial charge is 0.392 e. The summed E-state index contributed by atoms with van der Waals surface area (Å²) in [5, 5.41) is 8.70. The van der Waals surface area contributed by atoms with Gasteiger partial charge in [0.05, 0.1) is 21.8 Å². The summed E-state index contributed by atoms with van der Waals surface area (Å²) in [6.07, 6.45) is -5.10. The lowest BCUT2D eigenvalue weighted by Crippen LogP contribution is -2.34. The Labute approximate surface area is 122 Å². The van der Waals surface area contributed by atoms with E-state index in [9.17, 15) is 26.7 Å². The lowest BCUT2D eigenvalue weighted by molar-refractivity contribution is -0.139. The molecule has 21 heavy (non-hydrogen) atoms. The first-order valence-electron chi connectivity index (χ1n) is 6.74. The van der Waals surface area contributed by atoms with Gasteiger partial charge >= 0.3 is 6.18 Å². The number of rotatable bonds is 6. The summed E-state index contributed by atoms with van der Waals surface area (Å²) >= 11 is 0. The van der Waals surface area contributed by atoms with Crippen LogP contribution < -0.4 is 0 Å². The van der Waals surface area contributed by atoms with E-state index in [1.807, 2.05) is 0 Å². The van der Waals surface area contributed by atoms with Crippen LogP contribution in [0.25, 0.3) is 0 Å². The average molecular weight is 324 g/mol. The van der Waals surface area contributed by atoms with Crippen molar-refractivity contribution in [2.45, 2.75) is 55.5 Å². The first kappa shape index (κ1) is 18.0. The van der Waals surface area contributed by atoms with Gasteiger partial charge in [0.25, 0.3) is 0 Å². The molecule has 0 bridgehead atoms. The Kier molecular flexibility index (Phi) is 5.81. The number of halogens is 3. The molecule has 3 nitrogen and oxygen atoms in total. The molecule has 0 spiro atoms. The van der Waals surface area contributed by atoms with Gasteiger partial charge in [-0.2, -0.15) is 13.2 Å². The summed E-state index contributed by atoms with van der Waals surface area (Å²) in [4.78, 5) is -0.764. The highest BCUT2D eigenvalue weighted by Gasteiger charge is 2.40. The summed E-state index contributed by atoms with van der Waals surface area (Å²) in [5.74, 6) is 0. The predicted octanol–water partition coefficient (Wildman–Crippen LogP) is 3.42. The Morgan fingerprint density at radius 3 is 2.24 bits per heavy atom. The molecule has 0 radical (unpaired) electrons. The molecule has 2 atom stereocenters. The second-order valence-corrected chi connectivity index (χ2v) is 6.98. The Balaban J connectivity index is 3.37. The monoisotopic (exact) mass is 324 g/mol. The van der Waals surface area contributed by atoms with E-state index in [4.69, 9.17) is 0 Å². The molecule has 1 aromatic rings. The first-order chi connectivity index (χ1) is 9.66. The van der Waals surface area contributed by atoms with Gasteiger partial charge in [-0.3, -0.25) is 0 Å². The van der Waals surface area contributed by atoms with Crippen LogP contribution in [0.1, 0.15) is 38.7 Å². The van der Waals surface area contributed by atoms with Gasteiger partial charge < -0.3 is 5.11 Å². The van der Waals surface area contributed by atoms with Gasteiger partial charge in [0, 0.05) is 0 Å². The Hall–Kier alpha value is -1.08. The lowest BCUT2D eigenvalue weighted by Gasteiger charge is -2.23. The molecule has 0 aliphatic carbocycles. The van der Waals surface area contributed by atoms with Crippen LogP contribution in [-0.4, -0.2) is 24.9 Å². The van der Waals surface area contributed by atoms with Gasteiger partial charge in [0.1, 0.15) is 0 Å². The standard InChI is InChI=1S/C14H19F3O3S/c1-3-7-11(18)12(4-2)21(19,20)13-9-6-5-8-10(13)14(15,16)17/h5-6,8-9,11-12,18H,3-4,7H2,1-2H3. The fraction of sp³-hybridized carbons (Fsp3) is 0.571. The largest absolute Gasteiger partial charge is 0.417 e. The third kappa shape index (κ3) is 3.97. The van der Waals surface area contributed by atoms with E-state index in [0.29, 0.717) is 6.42 Å². The van der Waals surface area contributed by atoms with Crippen LogP contribution in [0.3, 0.4) is 0 Å². The van der Waals surface area contributed by atoms with E-state index in [1.54, 1.807) is 6.92 Å². The molecule has 1 aromatic carbocycles. The minimum absolute atomic E-state index is 0.0513. The van der Waals surface area contributed by atoms with Crippen LogP contribution in [0, 0.1) is 0 Å². The van der Waals surface area contributed by atoms with Gasteiger partial charge in [0.2, 0.25) is 0 Å². The summed E-state index contributed by atoms with van der Waals surface area (Å²) in [5.41, 5.74) is -1.19. The summed E-state index contributed by atoms with van der Waals surface area (Å²) in [6, 6.07) is 4.08. The van der Waals surface area contributed by atoms with Crippen LogP contribution in [-0.2, 0) is 16.0 Å². The van der Waals surface area contributed by atoms with Crippen molar-refractivity contribution in [3.63, 3.8) is 0 Å². The molecule has 0 amide bonds. The van der Waals surface area contributed by atoms with E-state index in [-0.39, 0.29) is 12.8 Å². The fourth-order valence-electron chi connectivity index (χ4n) is 2.29. The quantitative estimate of drug-likeness (QED) is 0.872. The summed E-state index contributed by atoms with van der Waals surface area (Å²) < 4.78 is 63.9. The van der Waals surface area contributed by atoms with Crippen LogP contribution in [0.4, 0.5) is 13.2 Å². The minimum Gasteiger partial charge on any atom is -0.392 e. The zero-order chi connectivity index (χ0) is 16.3. The number of sulfone groups is 1. The zero-order valence-electron chi connectivity index (χ0n) is 11.9. The number of benzene rings is 1. The molecule has 1 rings (SSSR count). The molecule has 120 valence electrons. The maximum atomic E-state index is 13.0. The van der Waals surface area contributed by atoms with Gasteiger partial charge in [-0.25, -0.2) is 8.42 Å². The van der Waals surface area contributed by atoms with Crippen molar-refractivity contribution >= 4 is 9.84 Å². The molecular formula is C14H19F3O3S. The van der Waals surface area contributed by atoms with Crippen molar-refractivity contribution in [3.8, 4) is 0 Å². The highest BCUT2D eigenvalue weighted by molar-refractivity contribution is 7.92. The van der Waals surface area contributed by atoms with Crippen molar-refractivity contribution in [1.82, 2.24) is 0 Å². The van der Waals surface area contributed by atoms with Crippen LogP contribution in [0.15, 0.2) is 29.2 Å². The zero-order valence-corrected chi connectivity index (χ0v) is 12.7. The van der Waals surface area contributed by atoms with Gasteiger partial charge in [-0.05, 0) is 25.0 Å². The molecular weight excluding hydrogens is 305 g/mol. The molecule has 7 heteroatoms. The van der Waals surface area contributed by atoms with Gasteiger partial charge in [0.15, 0.2) is 9.84 Å². The Bertz CT molecular complexity index is 567. The highest BCUT2D eigenvalue weighted by Crippen LogP contribution is 2.36. The number of aliphatic hydroxyl groups is 1. The Morgan fingerprint density at radius 2 is 1.76 bits per heavy atom. The van der Waals surface area contributed by atoms with E-state index in [1.165, 1.54) is 13.0 Å². The average Bonchev–Trinajstić information content (AvgIpc) is 2.38. The Morgan fingerprint density at radius 1 is 1.19 bits per heavy atom. The first-order valence-corrected chi connectivity index (χ1v) is 8.29. The van der Waals surface area contributed by atoms with Crippen molar-refractivity contribution in [2.24, 2.45) is 0 Å². The fourth-order valence-corrected chi connectivity index (χ4v) is 4.37. The molecule has 0 saturated carbocycles. The van der Waals surface area contributed by atoms with Crippen LogP contribution in [0.5, 0.6) is 0 Å². The SMILES string of the molecule is CCCC(O)C(CC)S(=O)(=O)c1ccccc1C(F)(F)F. The van der Waals surface area contributed by atoms with E-state index < -0.39 is 37.8 Å². The van der Waals surface area contributed by atoms with Gasteiger partial charge in [-0.1, -0.05) is 32.4 Å². The molecule has 0 saturated heterocycles. The number of hydrogen-bond donors (Lipinski definition) is 1. The molecule has 0 aromatic heterocycles. The van der Waals surface area contributed by atoms with Crippen LogP contribution >= 0.6 is 0 Å². The van der Waals surface area contributed by atoms with Gasteiger partial charge in [-0.15, -0.1) is 0 Å². The molecule has 2 unspecified atom stereocenters. The number of alkyl halides is 3. The number of aliphatic hydroxyl groups excluding tert-OH is 1. The minimum atomic E-state index is -4.75.